The molecular formula is C19H25N3O3. The molecule has 0 radical (unpaired) electrons. The summed E-state index contributed by atoms with van der Waals surface area (Å²) in [5.41, 5.74) is 0.616. The van der Waals surface area contributed by atoms with Gasteiger partial charge in [-0.25, -0.2) is 4.98 Å². The fraction of sp³-hybridized carbons (Fsp3) is 0.526. The molecule has 1 aromatic carbocycles. The number of amides is 1. The minimum atomic E-state index is -0.0817. The zero-order valence-electron chi connectivity index (χ0n) is 14.9. The van der Waals surface area contributed by atoms with Crippen LogP contribution < -0.4 is 5.56 Å². The molecule has 1 fully saturated rings. The highest BCUT2D eigenvalue weighted by atomic mass is 16.5. The fourth-order valence-corrected chi connectivity index (χ4v) is 3.44. The van der Waals surface area contributed by atoms with E-state index in [-0.39, 0.29) is 17.6 Å². The predicted molar refractivity (Wildman–Crippen MR) is 96.6 cm³/mol. The van der Waals surface area contributed by atoms with Gasteiger partial charge >= 0.3 is 0 Å². The van der Waals surface area contributed by atoms with Gasteiger partial charge in [0.2, 0.25) is 5.91 Å². The van der Waals surface area contributed by atoms with Gasteiger partial charge in [0.15, 0.2) is 0 Å². The zero-order chi connectivity index (χ0) is 17.8. The van der Waals surface area contributed by atoms with E-state index in [1.54, 1.807) is 10.6 Å². The number of aryl methyl sites for hydroxylation is 1. The molecule has 1 aliphatic rings. The number of aromatic nitrogens is 2. The first kappa shape index (κ1) is 17.6. The van der Waals surface area contributed by atoms with Crippen LogP contribution in [0.2, 0.25) is 0 Å². The van der Waals surface area contributed by atoms with E-state index >= 15 is 0 Å². The second-order valence-corrected chi connectivity index (χ2v) is 6.44. The summed E-state index contributed by atoms with van der Waals surface area (Å²) in [6, 6.07) is 7.31. The molecule has 1 amide bonds. The number of rotatable bonds is 5. The summed E-state index contributed by atoms with van der Waals surface area (Å²) in [6.07, 6.45) is 2.41. The highest BCUT2D eigenvalue weighted by molar-refractivity contribution is 5.78. The number of benzene rings is 1. The first-order valence-corrected chi connectivity index (χ1v) is 8.95. The molecular weight excluding hydrogens is 318 g/mol. The molecule has 1 aromatic heterocycles. The highest BCUT2D eigenvalue weighted by Crippen LogP contribution is 2.15. The third-order valence-corrected chi connectivity index (χ3v) is 4.73. The van der Waals surface area contributed by atoms with Gasteiger partial charge in [0, 0.05) is 32.7 Å². The van der Waals surface area contributed by atoms with Gasteiger partial charge in [0.1, 0.15) is 5.82 Å². The molecule has 1 atom stereocenters. The van der Waals surface area contributed by atoms with Gasteiger partial charge < -0.3 is 9.64 Å². The highest BCUT2D eigenvalue weighted by Gasteiger charge is 2.23. The molecule has 1 saturated heterocycles. The topological polar surface area (TPSA) is 64.4 Å². The molecule has 0 bridgehead atoms. The van der Waals surface area contributed by atoms with E-state index in [2.05, 4.69) is 4.98 Å². The van der Waals surface area contributed by atoms with Gasteiger partial charge in [-0.05, 0) is 38.8 Å². The smallest absolute Gasteiger partial charge is 0.261 e. The average Bonchev–Trinajstić information content (AvgIpc) is 2.62. The van der Waals surface area contributed by atoms with Crippen LogP contribution >= 0.6 is 0 Å². The average molecular weight is 343 g/mol. The monoisotopic (exact) mass is 343 g/mol. The van der Waals surface area contributed by atoms with Gasteiger partial charge in [-0.3, -0.25) is 14.2 Å². The summed E-state index contributed by atoms with van der Waals surface area (Å²) >= 11 is 0. The van der Waals surface area contributed by atoms with Crippen LogP contribution in [0.5, 0.6) is 0 Å². The largest absolute Gasteiger partial charge is 0.377 e. The quantitative estimate of drug-likeness (QED) is 0.834. The Morgan fingerprint density at radius 3 is 2.96 bits per heavy atom. The van der Waals surface area contributed by atoms with Crippen LogP contribution in [0.3, 0.4) is 0 Å². The Morgan fingerprint density at radius 1 is 1.36 bits per heavy atom. The molecule has 6 nitrogen and oxygen atoms in total. The van der Waals surface area contributed by atoms with Crippen LogP contribution in [0.25, 0.3) is 10.9 Å². The molecule has 2 aromatic rings. The second-order valence-electron chi connectivity index (χ2n) is 6.44. The van der Waals surface area contributed by atoms with E-state index < -0.39 is 0 Å². The summed E-state index contributed by atoms with van der Waals surface area (Å²) in [5.74, 6) is 0.714. The van der Waals surface area contributed by atoms with E-state index in [4.69, 9.17) is 4.74 Å². The maximum absolute atomic E-state index is 12.7. The summed E-state index contributed by atoms with van der Waals surface area (Å²) in [5, 5.41) is 0.593. The van der Waals surface area contributed by atoms with Crippen molar-refractivity contribution in [2.45, 2.75) is 45.8 Å². The molecule has 1 aliphatic heterocycles. The fourth-order valence-electron chi connectivity index (χ4n) is 3.44. The number of carbonyl (C=O) groups is 1. The number of fused-ring (bicyclic) bond motifs is 1. The number of hydrogen-bond acceptors (Lipinski definition) is 4. The minimum Gasteiger partial charge on any atom is -0.377 e. The number of hydrogen-bond donors (Lipinski definition) is 0. The Labute approximate surface area is 147 Å². The number of nitrogens with zero attached hydrogens (tertiary/aromatic N) is 3. The number of para-hydroxylation sites is 1. The van der Waals surface area contributed by atoms with Gasteiger partial charge in [0.25, 0.3) is 5.56 Å². The van der Waals surface area contributed by atoms with Gasteiger partial charge in [-0.2, -0.15) is 0 Å². The zero-order valence-corrected chi connectivity index (χ0v) is 14.9. The van der Waals surface area contributed by atoms with Crippen molar-refractivity contribution in [3.63, 3.8) is 0 Å². The van der Waals surface area contributed by atoms with Crippen LogP contribution in [0.15, 0.2) is 29.1 Å². The summed E-state index contributed by atoms with van der Waals surface area (Å²) in [6.45, 7) is 6.23. The van der Waals surface area contributed by atoms with E-state index in [0.717, 1.165) is 19.4 Å². The standard InChI is InChI=1S/C19H25N3O3/c1-3-25-15-7-6-11-21(13-15)18(23)10-12-22-14(2)20-17-9-5-4-8-16(17)19(22)24/h4-5,8-9,15H,3,6-7,10-13H2,1-2H3/t15-/m0/s1. The Bertz CT molecular complexity index is 813. The van der Waals surface area contributed by atoms with Crippen molar-refractivity contribution in [1.29, 1.82) is 0 Å². The lowest BCUT2D eigenvalue weighted by atomic mass is 10.1. The normalized spacial score (nSPS) is 17.8. The molecule has 3 rings (SSSR count). The Balaban J connectivity index is 1.70. The molecule has 2 heterocycles. The molecule has 0 saturated carbocycles. The third-order valence-electron chi connectivity index (χ3n) is 4.73. The maximum atomic E-state index is 12.7. The Morgan fingerprint density at radius 2 is 2.16 bits per heavy atom. The molecule has 0 unspecified atom stereocenters. The first-order valence-electron chi connectivity index (χ1n) is 8.95. The Hall–Kier alpha value is -2.21. The first-order chi connectivity index (χ1) is 12.1. The van der Waals surface area contributed by atoms with E-state index in [1.807, 2.05) is 36.9 Å². The van der Waals surface area contributed by atoms with Crippen LogP contribution in [-0.4, -0.2) is 46.2 Å². The van der Waals surface area contributed by atoms with Gasteiger partial charge in [-0.1, -0.05) is 12.1 Å². The van der Waals surface area contributed by atoms with Crippen LogP contribution in [0.4, 0.5) is 0 Å². The van der Waals surface area contributed by atoms with Crippen LogP contribution in [-0.2, 0) is 16.1 Å². The number of ether oxygens (including phenoxy) is 1. The molecule has 134 valence electrons. The molecule has 0 N–H and O–H groups in total. The molecule has 6 heteroatoms. The predicted octanol–water partition coefficient (Wildman–Crippen LogP) is 2.12. The van der Waals surface area contributed by atoms with Crippen molar-refractivity contribution in [3.8, 4) is 0 Å². The number of piperidine rings is 1. The SMILES string of the molecule is CCO[C@H]1CCCN(C(=O)CCn2c(C)nc3ccccc3c2=O)C1. The van der Waals surface area contributed by atoms with Crippen molar-refractivity contribution in [3.05, 3.63) is 40.4 Å². The lowest BCUT2D eigenvalue weighted by Gasteiger charge is -2.32. The van der Waals surface area contributed by atoms with Crippen molar-refractivity contribution in [2.75, 3.05) is 19.7 Å². The summed E-state index contributed by atoms with van der Waals surface area (Å²) < 4.78 is 7.25. The van der Waals surface area contributed by atoms with E-state index in [9.17, 15) is 9.59 Å². The Kier molecular flexibility index (Phi) is 5.48. The third kappa shape index (κ3) is 3.90. The molecule has 25 heavy (non-hydrogen) atoms. The molecule has 0 spiro atoms. The number of likely N-dealkylation sites (tertiary alicyclic amines) is 1. The summed E-state index contributed by atoms with van der Waals surface area (Å²) in [4.78, 5) is 31.5. The van der Waals surface area contributed by atoms with E-state index in [1.165, 1.54) is 0 Å². The maximum Gasteiger partial charge on any atom is 0.261 e. The van der Waals surface area contributed by atoms with Crippen molar-refractivity contribution in [1.82, 2.24) is 14.5 Å². The molecule has 0 aliphatic carbocycles. The summed E-state index contributed by atoms with van der Waals surface area (Å²) in [7, 11) is 0. The second kappa shape index (κ2) is 7.78. The van der Waals surface area contributed by atoms with Crippen LogP contribution in [0.1, 0.15) is 32.0 Å². The lowest BCUT2D eigenvalue weighted by molar-refractivity contribution is -0.135. The van der Waals surface area contributed by atoms with E-state index in [0.29, 0.717) is 42.8 Å². The van der Waals surface area contributed by atoms with Crippen LogP contribution in [0, 0.1) is 6.92 Å². The van der Waals surface area contributed by atoms with Gasteiger partial charge in [0.05, 0.1) is 17.0 Å². The minimum absolute atomic E-state index is 0.0730. The van der Waals surface area contributed by atoms with Crippen molar-refractivity contribution < 1.29 is 9.53 Å². The lowest BCUT2D eigenvalue weighted by Crippen LogP contribution is -2.43. The number of carbonyl (C=O) groups excluding carboxylic acids is 1. The van der Waals surface area contributed by atoms with Crippen molar-refractivity contribution >= 4 is 16.8 Å². The van der Waals surface area contributed by atoms with Crippen molar-refractivity contribution in [2.24, 2.45) is 0 Å². The van der Waals surface area contributed by atoms with Gasteiger partial charge in [-0.15, -0.1) is 0 Å².